The Labute approximate surface area is 156 Å². The molecule has 1 aliphatic rings. The fraction of sp³-hybridized carbons (Fsp3) is 0.350. The molecule has 0 radical (unpaired) electrons. The zero-order valence-corrected chi connectivity index (χ0v) is 15.2. The van der Waals surface area contributed by atoms with Crippen LogP contribution in [-0.2, 0) is 11.2 Å². The van der Waals surface area contributed by atoms with Crippen molar-refractivity contribution in [2.45, 2.75) is 37.8 Å². The summed E-state index contributed by atoms with van der Waals surface area (Å²) in [6.45, 7) is 0. The highest BCUT2D eigenvalue weighted by atomic mass is 32.1. The number of pyridine rings is 1. The Balaban J connectivity index is 1.40. The van der Waals surface area contributed by atoms with E-state index in [1.54, 1.807) is 17.5 Å². The molecule has 2 aromatic heterocycles. The molecule has 0 spiro atoms. The Morgan fingerprint density at radius 1 is 1.23 bits per heavy atom. The summed E-state index contributed by atoms with van der Waals surface area (Å²) in [6, 6.07) is 13.6. The van der Waals surface area contributed by atoms with Gasteiger partial charge in [0.25, 0.3) is 0 Å². The first-order chi connectivity index (χ1) is 12.7. The molecular weight excluding hydrogens is 346 g/mol. The van der Waals surface area contributed by atoms with Gasteiger partial charge in [0.05, 0.1) is 33.1 Å². The quantitative estimate of drug-likeness (QED) is 0.701. The molecule has 6 heteroatoms. The van der Waals surface area contributed by atoms with Crippen molar-refractivity contribution in [3.63, 3.8) is 0 Å². The summed E-state index contributed by atoms with van der Waals surface area (Å²) in [4.78, 5) is 21.5. The smallest absolute Gasteiger partial charge is 0.220 e. The van der Waals surface area contributed by atoms with Gasteiger partial charge in [0.15, 0.2) is 0 Å². The average molecular weight is 367 g/mol. The molecule has 1 saturated carbocycles. The van der Waals surface area contributed by atoms with Crippen LogP contribution in [0.1, 0.15) is 36.0 Å². The van der Waals surface area contributed by atoms with E-state index in [1.165, 1.54) is 0 Å². The van der Waals surface area contributed by atoms with Crippen LogP contribution < -0.4 is 5.32 Å². The predicted octanol–water partition coefficient (Wildman–Crippen LogP) is 3.25. The van der Waals surface area contributed by atoms with E-state index in [4.69, 9.17) is 0 Å². The van der Waals surface area contributed by atoms with Gasteiger partial charge in [0.1, 0.15) is 0 Å². The summed E-state index contributed by atoms with van der Waals surface area (Å²) in [7, 11) is 0. The summed E-state index contributed by atoms with van der Waals surface area (Å²) in [5, 5.41) is 13.7. The van der Waals surface area contributed by atoms with E-state index in [1.807, 2.05) is 36.4 Å². The highest BCUT2D eigenvalue weighted by Gasteiger charge is 2.36. The lowest BCUT2D eigenvalue weighted by Crippen LogP contribution is -2.41. The molecule has 1 amide bonds. The van der Waals surface area contributed by atoms with Crippen LogP contribution in [0.3, 0.4) is 0 Å². The zero-order chi connectivity index (χ0) is 17.9. The van der Waals surface area contributed by atoms with Crippen molar-refractivity contribution in [2.24, 2.45) is 5.92 Å². The second-order valence-electron chi connectivity index (χ2n) is 6.76. The Morgan fingerprint density at radius 3 is 2.77 bits per heavy atom. The number of hydrogen-bond acceptors (Lipinski definition) is 5. The van der Waals surface area contributed by atoms with Crippen molar-refractivity contribution in [2.75, 3.05) is 0 Å². The third-order valence-corrected chi connectivity index (χ3v) is 5.94. The van der Waals surface area contributed by atoms with Crippen LogP contribution in [0.4, 0.5) is 0 Å². The Bertz CT molecular complexity index is 857. The van der Waals surface area contributed by atoms with Gasteiger partial charge in [-0.1, -0.05) is 18.2 Å². The largest absolute Gasteiger partial charge is 0.393 e. The van der Waals surface area contributed by atoms with E-state index in [0.717, 1.165) is 20.9 Å². The van der Waals surface area contributed by atoms with Crippen LogP contribution in [0.5, 0.6) is 0 Å². The molecule has 0 unspecified atom stereocenters. The molecule has 3 aromatic rings. The van der Waals surface area contributed by atoms with Gasteiger partial charge in [-0.05, 0) is 43.0 Å². The fourth-order valence-electron chi connectivity index (χ4n) is 3.39. The van der Waals surface area contributed by atoms with Crippen molar-refractivity contribution < 1.29 is 9.90 Å². The maximum absolute atomic E-state index is 12.5. The van der Waals surface area contributed by atoms with Gasteiger partial charge in [0.2, 0.25) is 5.91 Å². The zero-order valence-electron chi connectivity index (χ0n) is 14.3. The molecule has 1 aromatic carbocycles. The molecule has 26 heavy (non-hydrogen) atoms. The molecule has 2 N–H and O–H groups in total. The number of aromatic nitrogens is 2. The third-order valence-electron chi connectivity index (χ3n) is 4.85. The highest BCUT2D eigenvalue weighted by Crippen LogP contribution is 2.37. The molecule has 0 bridgehead atoms. The van der Waals surface area contributed by atoms with Gasteiger partial charge in [-0.3, -0.25) is 9.78 Å². The number of rotatable bonds is 6. The minimum Gasteiger partial charge on any atom is -0.393 e. The van der Waals surface area contributed by atoms with E-state index in [2.05, 4.69) is 21.4 Å². The molecule has 0 saturated heterocycles. The van der Waals surface area contributed by atoms with Gasteiger partial charge in [-0.15, -0.1) is 11.3 Å². The molecule has 2 heterocycles. The number of thiazole rings is 1. The van der Waals surface area contributed by atoms with Crippen LogP contribution in [0.15, 0.2) is 48.7 Å². The van der Waals surface area contributed by atoms with Crippen LogP contribution in [0, 0.1) is 5.92 Å². The van der Waals surface area contributed by atoms with Crippen molar-refractivity contribution in [3.8, 4) is 0 Å². The first kappa shape index (κ1) is 17.1. The number of para-hydroxylation sites is 1. The summed E-state index contributed by atoms with van der Waals surface area (Å²) in [5.74, 6) is 0.243. The third kappa shape index (κ3) is 3.76. The average Bonchev–Trinajstić information content (AvgIpc) is 3.06. The van der Waals surface area contributed by atoms with E-state index in [9.17, 15) is 9.90 Å². The monoisotopic (exact) mass is 367 g/mol. The number of carbonyl (C=O) groups excluding carboxylic acids is 1. The summed E-state index contributed by atoms with van der Waals surface area (Å²) in [6.07, 6.45) is 3.93. The second-order valence-corrected chi connectivity index (χ2v) is 7.88. The topological polar surface area (TPSA) is 75.1 Å². The molecule has 1 fully saturated rings. The van der Waals surface area contributed by atoms with E-state index < -0.39 is 0 Å². The molecule has 134 valence electrons. The van der Waals surface area contributed by atoms with Crippen LogP contribution >= 0.6 is 11.3 Å². The van der Waals surface area contributed by atoms with Crippen LogP contribution in [0.2, 0.25) is 0 Å². The number of benzene rings is 1. The summed E-state index contributed by atoms with van der Waals surface area (Å²) in [5.41, 5.74) is 1.85. The van der Waals surface area contributed by atoms with Gasteiger partial charge < -0.3 is 10.4 Å². The number of aryl methyl sites for hydroxylation is 1. The Kier molecular flexibility index (Phi) is 4.95. The maximum atomic E-state index is 12.5. The number of aliphatic hydroxyl groups excluding tert-OH is 1. The predicted molar refractivity (Wildman–Crippen MR) is 102 cm³/mol. The Morgan fingerprint density at radius 2 is 2.04 bits per heavy atom. The van der Waals surface area contributed by atoms with Crippen molar-refractivity contribution >= 4 is 27.5 Å². The lowest BCUT2D eigenvalue weighted by molar-refractivity contribution is -0.123. The minimum atomic E-state index is -0.258. The normalized spacial score (nSPS) is 20.5. The number of carbonyl (C=O) groups is 1. The fourth-order valence-corrected chi connectivity index (χ4v) is 4.36. The standard InChI is InChI=1S/C20H21N3O2S/c24-14-11-13(12-14)20(16-6-3-4-10-21-16)23-18(25)8-9-19-22-15-5-1-2-7-17(15)26-19/h1-7,10,13-14,20,24H,8-9,11-12H2,(H,23,25)/t13?,14?,20-/m0/s1. The van der Waals surface area contributed by atoms with Gasteiger partial charge in [0, 0.05) is 19.0 Å². The van der Waals surface area contributed by atoms with Crippen molar-refractivity contribution in [3.05, 3.63) is 59.4 Å². The van der Waals surface area contributed by atoms with Gasteiger partial charge >= 0.3 is 0 Å². The molecule has 5 nitrogen and oxygen atoms in total. The number of nitrogens with one attached hydrogen (secondary N) is 1. The highest BCUT2D eigenvalue weighted by molar-refractivity contribution is 7.18. The van der Waals surface area contributed by atoms with Crippen molar-refractivity contribution in [1.82, 2.24) is 15.3 Å². The number of fused-ring (bicyclic) bond motifs is 1. The van der Waals surface area contributed by atoms with Crippen LogP contribution in [0.25, 0.3) is 10.2 Å². The van der Waals surface area contributed by atoms with Crippen LogP contribution in [-0.4, -0.2) is 27.1 Å². The molecule has 4 rings (SSSR count). The molecule has 0 aliphatic heterocycles. The minimum absolute atomic E-state index is 0.00120. The molecular formula is C20H21N3O2S. The van der Waals surface area contributed by atoms with E-state index in [-0.39, 0.29) is 24.0 Å². The van der Waals surface area contributed by atoms with Crippen molar-refractivity contribution in [1.29, 1.82) is 0 Å². The maximum Gasteiger partial charge on any atom is 0.220 e. The van der Waals surface area contributed by atoms with Gasteiger partial charge in [-0.2, -0.15) is 0 Å². The first-order valence-corrected chi connectivity index (χ1v) is 9.73. The number of hydrogen-bond donors (Lipinski definition) is 2. The number of aliphatic hydroxyl groups is 1. The number of amides is 1. The van der Waals surface area contributed by atoms with Gasteiger partial charge in [-0.25, -0.2) is 4.98 Å². The Hall–Kier alpha value is -2.31. The number of nitrogens with zero attached hydrogens (tertiary/aromatic N) is 2. The molecule has 1 atom stereocenters. The lowest BCUT2D eigenvalue weighted by Gasteiger charge is -2.37. The SMILES string of the molecule is O=C(CCc1nc2ccccc2s1)N[C@H](c1ccccn1)C1CC(O)C1. The summed E-state index contributed by atoms with van der Waals surface area (Å²) >= 11 is 1.64. The first-order valence-electron chi connectivity index (χ1n) is 8.92. The van der Waals surface area contributed by atoms with E-state index >= 15 is 0 Å². The second kappa shape index (κ2) is 7.51. The summed E-state index contributed by atoms with van der Waals surface area (Å²) < 4.78 is 1.15. The van der Waals surface area contributed by atoms with E-state index in [0.29, 0.717) is 25.7 Å². The molecule has 1 aliphatic carbocycles. The lowest BCUT2D eigenvalue weighted by atomic mass is 9.76.